The molecule has 1 saturated heterocycles. The molecule has 3 rings (SSSR count). The van der Waals surface area contributed by atoms with Gasteiger partial charge in [0, 0.05) is 44.4 Å². The Morgan fingerprint density at radius 1 is 1.07 bits per heavy atom. The topological polar surface area (TPSA) is 77.8 Å². The van der Waals surface area contributed by atoms with Crippen LogP contribution in [0.2, 0.25) is 0 Å². The summed E-state index contributed by atoms with van der Waals surface area (Å²) in [6, 6.07) is 10.7. The number of hydrogen-bond acceptors (Lipinski definition) is 5. The summed E-state index contributed by atoms with van der Waals surface area (Å²) < 4.78 is 5.25. The molecule has 0 atom stereocenters. The highest BCUT2D eigenvalue weighted by molar-refractivity contribution is 5.99. The molecule has 0 spiro atoms. The van der Waals surface area contributed by atoms with Crippen LogP contribution in [0.1, 0.15) is 45.7 Å². The number of furan rings is 1. The summed E-state index contributed by atoms with van der Waals surface area (Å²) in [6.07, 6.45) is 5.43. The molecule has 0 unspecified atom stereocenters. The fraction of sp³-hybridized carbons (Fsp3) is 0.478. The van der Waals surface area contributed by atoms with Crippen molar-refractivity contribution in [1.29, 1.82) is 0 Å². The van der Waals surface area contributed by atoms with Crippen molar-refractivity contribution in [1.82, 2.24) is 20.4 Å². The Hall–Kier alpha value is -2.64. The molecule has 1 aromatic carbocycles. The van der Waals surface area contributed by atoms with E-state index >= 15 is 0 Å². The first-order valence-electron chi connectivity index (χ1n) is 10.7. The van der Waals surface area contributed by atoms with Crippen molar-refractivity contribution in [3.8, 4) is 0 Å². The van der Waals surface area contributed by atoms with E-state index in [2.05, 4.69) is 15.5 Å². The number of carbonyl (C=O) groups is 2. The number of likely N-dealkylation sites (tertiary alicyclic amines) is 1. The van der Waals surface area contributed by atoms with E-state index in [0.717, 1.165) is 25.4 Å². The van der Waals surface area contributed by atoms with Gasteiger partial charge in [-0.15, -0.1) is 0 Å². The number of likely N-dealkylation sites (N-methyl/N-ethyl adjacent to an activating group) is 1. The minimum absolute atomic E-state index is 0.0539. The Labute approximate surface area is 178 Å². The van der Waals surface area contributed by atoms with Crippen LogP contribution < -0.4 is 10.6 Å². The summed E-state index contributed by atoms with van der Waals surface area (Å²) in [6.45, 7) is 5.57. The lowest BCUT2D eigenvalue weighted by molar-refractivity contribution is 0.0773. The van der Waals surface area contributed by atoms with Gasteiger partial charge in [0.1, 0.15) is 5.76 Å². The molecule has 2 N–H and O–H groups in total. The third-order valence-corrected chi connectivity index (χ3v) is 5.39. The second-order valence-electron chi connectivity index (χ2n) is 7.72. The van der Waals surface area contributed by atoms with Crippen molar-refractivity contribution in [3.63, 3.8) is 0 Å². The highest BCUT2D eigenvalue weighted by Crippen LogP contribution is 2.10. The first-order chi connectivity index (χ1) is 14.6. The molecule has 1 fully saturated rings. The molecule has 0 saturated carbocycles. The Morgan fingerprint density at radius 2 is 1.87 bits per heavy atom. The smallest absolute Gasteiger partial charge is 0.253 e. The Morgan fingerprint density at radius 3 is 2.63 bits per heavy atom. The minimum atomic E-state index is -0.180. The zero-order valence-corrected chi connectivity index (χ0v) is 17.7. The van der Waals surface area contributed by atoms with Gasteiger partial charge in [-0.3, -0.25) is 9.59 Å². The van der Waals surface area contributed by atoms with Crippen LogP contribution in [-0.4, -0.2) is 67.9 Å². The third kappa shape index (κ3) is 6.71. The Bertz CT molecular complexity index is 801. The van der Waals surface area contributed by atoms with Crippen molar-refractivity contribution in [2.75, 3.05) is 46.3 Å². The van der Waals surface area contributed by atoms with Gasteiger partial charge < -0.3 is 24.9 Å². The fourth-order valence-electron chi connectivity index (χ4n) is 3.58. The maximum absolute atomic E-state index is 12.8. The average Bonchev–Trinajstić information content (AvgIpc) is 3.31. The predicted molar refractivity (Wildman–Crippen MR) is 116 cm³/mol. The normalized spacial score (nSPS) is 14.4. The molecule has 2 amide bonds. The van der Waals surface area contributed by atoms with Gasteiger partial charge in [-0.25, -0.2) is 0 Å². The standard InChI is InChI=1S/C23H32N4O3/c1-26(14-15-27-12-3-2-4-13-27)23(29)20-8-5-7-19(17-20)22(28)25-11-10-24-18-21-9-6-16-30-21/h5-9,16-17,24H,2-4,10-15,18H2,1H3,(H,25,28). The summed E-state index contributed by atoms with van der Waals surface area (Å²) in [5.41, 5.74) is 1.04. The van der Waals surface area contributed by atoms with Gasteiger partial charge in [-0.2, -0.15) is 0 Å². The van der Waals surface area contributed by atoms with Crippen LogP contribution in [0.5, 0.6) is 0 Å². The summed E-state index contributed by atoms with van der Waals surface area (Å²) in [4.78, 5) is 29.3. The van der Waals surface area contributed by atoms with Crippen molar-refractivity contribution in [2.24, 2.45) is 0 Å². The summed E-state index contributed by atoms with van der Waals surface area (Å²) in [5, 5.41) is 6.09. The van der Waals surface area contributed by atoms with Gasteiger partial charge in [-0.1, -0.05) is 12.5 Å². The molecule has 1 aromatic heterocycles. The van der Waals surface area contributed by atoms with Crippen molar-refractivity contribution in [3.05, 3.63) is 59.5 Å². The second kappa shape index (κ2) is 11.5. The van der Waals surface area contributed by atoms with Crippen molar-refractivity contribution in [2.45, 2.75) is 25.8 Å². The van der Waals surface area contributed by atoms with Crippen molar-refractivity contribution < 1.29 is 14.0 Å². The van der Waals surface area contributed by atoms with Gasteiger partial charge in [0.2, 0.25) is 0 Å². The largest absolute Gasteiger partial charge is 0.468 e. The van der Waals surface area contributed by atoms with E-state index in [-0.39, 0.29) is 11.8 Å². The van der Waals surface area contributed by atoms with Crippen LogP contribution in [0.3, 0.4) is 0 Å². The molecular weight excluding hydrogens is 380 g/mol. The van der Waals surface area contributed by atoms with Gasteiger partial charge in [0.15, 0.2) is 0 Å². The van der Waals surface area contributed by atoms with Gasteiger partial charge in [0.05, 0.1) is 12.8 Å². The zero-order chi connectivity index (χ0) is 21.2. The van der Waals surface area contributed by atoms with Gasteiger partial charge in [-0.05, 0) is 56.3 Å². The molecule has 1 aliphatic heterocycles. The molecule has 0 bridgehead atoms. The van der Waals surface area contributed by atoms with Crippen LogP contribution in [0, 0.1) is 0 Å². The molecule has 162 valence electrons. The van der Waals surface area contributed by atoms with Crippen LogP contribution in [0.15, 0.2) is 47.1 Å². The number of hydrogen-bond donors (Lipinski definition) is 2. The van der Waals surface area contributed by atoms with Crippen LogP contribution in [0.25, 0.3) is 0 Å². The maximum atomic E-state index is 12.8. The molecule has 0 radical (unpaired) electrons. The lowest BCUT2D eigenvalue weighted by Gasteiger charge is -2.28. The van der Waals surface area contributed by atoms with Gasteiger partial charge >= 0.3 is 0 Å². The number of piperidine rings is 1. The SMILES string of the molecule is CN(CCN1CCCCC1)C(=O)c1cccc(C(=O)NCCNCc2ccco2)c1. The van der Waals surface area contributed by atoms with Crippen LogP contribution in [0.4, 0.5) is 0 Å². The lowest BCUT2D eigenvalue weighted by Crippen LogP contribution is -2.38. The quantitative estimate of drug-likeness (QED) is 0.586. The fourth-order valence-corrected chi connectivity index (χ4v) is 3.58. The molecule has 2 heterocycles. The molecule has 7 nitrogen and oxygen atoms in total. The minimum Gasteiger partial charge on any atom is -0.468 e. The monoisotopic (exact) mass is 412 g/mol. The number of benzene rings is 1. The number of nitrogens with one attached hydrogen (secondary N) is 2. The molecule has 7 heteroatoms. The van der Waals surface area contributed by atoms with E-state index in [1.54, 1.807) is 35.4 Å². The summed E-state index contributed by atoms with van der Waals surface area (Å²) in [5.74, 6) is 0.624. The number of carbonyl (C=O) groups excluding carboxylic acids is 2. The Balaban J connectivity index is 1.42. The highest BCUT2D eigenvalue weighted by atomic mass is 16.3. The van der Waals surface area contributed by atoms with E-state index in [1.165, 1.54) is 19.3 Å². The zero-order valence-electron chi connectivity index (χ0n) is 17.7. The van der Waals surface area contributed by atoms with Crippen LogP contribution >= 0.6 is 0 Å². The van der Waals surface area contributed by atoms with E-state index < -0.39 is 0 Å². The molecule has 0 aliphatic carbocycles. The van der Waals surface area contributed by atoms with E-state index in [1.807, 2.05) is 19.2 Å². The number of rotatable bonds is 10. The van der Waals surface area contributed by atoms with E-state index in [9.17, 15) is 9.59 Å². The third-order valence-electron chi connectivity index (χ3n) is 5.39. The number of amides is 2. The Kier molecular flexibility index (Phi) is 8.47. The van der Waals surface area contributed by atoms with Crippen molar-refractivity contribution >= 4 is 11.8 Å². The molecular formula is C23H32N4O3. The van der Waals surface area contributed by atoms with E-state index in [0.29, 0.717) is 37.3 Å². The summed E-state index contributed by atoms with van der Waals surface area (Å²) >= 11 is 0. The molecule has 1 aliphatic rings. The average molecular weight is 413 g/mol. The first kappa shape index (κ1) is 22.1. The highest BCUT2D eigenvalue weighted by Gasteiger charge is 2.16. The van der Waals surface area contributed by atoms with Crippen LogP contribution in [-0.2, 0) is 6.54 Å². The predicted octanol–water partition coefficient (Wildman–Crippen LogP) is 2.36. The molecule has 2 aromatic rings. The first-order valence-corrected chi connectivity index (χ1v) is 10.7. The maximum Gasteiger partial charge on any atom is 0.253 e. The second-order valence-corrected chi connectivity index (χ2v) is 7.72. The lowest BCUT2D eigenvalue weighted by atomic mass is 10.1. The molecule has 30 heavy (non-hydrogen) atoms. The summed E-state index contributed by atoms with van der Waals surface area (Å²) in [7, 11) is 1.82. The number of nitrogens with zero attached hydrogens (tertiary/aromatic N) is 2. The van der Waals surface area contributed by atoms with Gasteiger partial charge in [0.25, 0.3) is 11.8 Å². The van der Waals surface area contributed by atoms with E-state index in [4.69, 9.17) is 4.42 Å².